The van der Waals surface area contributed by atoms with Gasteiger partial charge in [0.25, 0.3) is 17.7 Å². The molecule has 0 saturated carbocycles. The summed E-state index contributed by atoms with van der Waals surface area (Å²) in [6, 6.07) is 9.89. The second kappa shape index (κ2) is 27.1. The molecule has 2 saturated heterocycles. The van der Waals surface area contributed by atoms with E-state index in [2.05, 4.69) is 31.9 Å². The molecule has 2 heterocycles. The SMILES string of the molecule is C/C=C1/NC(=O)[C@@H](NC(=O)[C@H](CCc2ccc(O)cc2)NC(=O)[C@H](C)NC(=O)[C@H](O)CO)[C@@H](C)OC(=O)[C@H](C(C)C)NC(=O)[C@H](Cc2ccc(O)cc2)N(C)C(=O)[C@H](Cc2ccccc2)N2C(=O)C(CC[C@H]2O)NC1=O. The van der Waals surface area contributed by atoms with Gasteiger partial charge in [0.15, 0.2) is 6.10 Å². The standard InChI is InChI=1S/C53H68N8O15/c1-7-36-46(68)57-38-23-24-42(66)61(51(38)73)40(26-32-11-9-8-10-12-32)52(74)60(6)39(25-33-15-20-35(64)21-16-33)48(70)58-43(28(2)3)53(75)76-30(5)44(50(72)55-36)59-47(69)37(22-17-31-13-18-34(63)19-14-31)56-45(67)29(4)54-49(71)41(65)27-62/h7-16,18-21,28-30,37-44,62-66H,17,22-27H2,1-6H3,(H,54,71)(H,55,72)(H,56,67)(H,57,68)(H,58,70)(H,59,69)/b36-7+/t29-,30+,37-,38?,39-,40-,41+,42+,43-,44-/m0/s1. The number of rotatable bonds is 15. The van der Waals surface area contributed by atoms with Crippen LogP contribution >= 0.6 is 0 Å². The molecule has 0 aromatic heterocycles. The van der Waals surface area contributed by atoms with Crippen molar-refractivity contribution in [2.45, 2.75) is 134 Å². The van der Waals surface area contributed by atoms with E-state index in [1.807, 2.05) is 0 Å². The summed E-state index contributed by atoms with van der Waals surface area (Å²) < 4.78 is 5.88. The van der Waals surface area contributed by atoms with Gasteiger partial charge in [-0.1, -0.05) is 74.5 Å². The van der Waals surface area contributed by atoms with Gasteiger partial charge in [0.05, 0.1) is 6.61 Å². The van der Waals surface area contributed by atoms with Crippen LogP contribution < -0.4 is 31.9 Å². The Balaban J connectivity index is 1.57. The van der Waals surface area contributed by atoms with Crippen molar-refractivity contribution in [2.75, 3.05) is 13.7 Å². The van der Waals surface area contributed by atoms with E-state index in [0.717, 1.165) is 9.80 Å². The second-order valence-corrected chi connectivity index (χ2v) is 19.1. The lowest BCUT2D eigenvalue weighted by atomic mass is 9.95. The summed E-state index contributed by atoms with van der Waals surface area (Å²) >= 11 is 0. The molecule has 0 aliphatic carbocycles. The third-order valence-corrected chi connectivity index (χ3v) is 13.1. The zero-order valence-corrected chi connectivity index (χ0v) is 43.1. The van der Waals surface area contributed by atoms with E-state index in [9.17, 15) is 63.9 Å². The van der Waals surface area contributed by atoms with Crippen molar-refractivity contribution < 1.29 is 73.4 Å². The number of carbonyl (C=O) groups excluding carboxylic acids is 9. The van der Waals surface area contributed by atoms with Gasteiger partial charge < -0.3 is 72.0 Å². The number of likely N-dealkylation sites (N-methyl/N-ethyl adjacent to an activating group) is 1. The topological polar surface area (TPSA) is 343 Å². The van der Waals surface area contributed by atoms with Crippen molar-refractivity contribution >= 4 is 53.2 Å². The molecule has 2 aliphatic heterocycles. The Bertz CT molecular complexity index is 2600. The zero-order valence-electron chi connectivity index (χ0n) is 43.1. The van der Waals surface area contributed by atoms with Crippen LogP contribution in [0, 0.1) is 5.92 Å². The molecular weight excluding hydrogens is 989 g/mol. The number of benzene rings is 3. The molecule has 410 valence electrons. The van der Waals surface area contributed by atoms with Gasteiger partial charge in [-0.2, -0.15) is 0 Å². The van der Waals surface area contributed by atoms with Crippen LogP contribution in [0.2, 0.25) is 0 Å². The molecule has 0 spiro atoms. The lowest BCUT2D eigenvalue weighted by molar-refractivity contribution is -0.165. The number of aliphatic hydroxyl groups excluding tert-OH is 3. The lowest BCUT2D eigenvalue weighted by Crippen LogP contribution is -2.64. The molecular formula is C53H68N8O15. The summed E-state index contributed by atoms with van der Waals surface area (Å²) in [5, 5.41) is 65.5. The number of allylic oxidation sites excluding steroid dienone is 1. The van der Waals surface area contributed by atoms with Crippen LogP contribution in [0.5, 0.6) is 11.5 Å². The molecule has 10 atom stereocenters. The monoisotopic (exact) mass is 1060 g/mol. The van der Waals surface area contributed by atoms with Crippen LogP contribution in [0.25, 0.3) is 0 Å². The Morgan fingerprint density at radius 1 is 0.763 bits per heavy atom. The summed E-state index contributed by atoms with van der Waals surface area (Å²) in [5.74, 6) is -9.59. The first-order valence-electron chi connectivity index (χ1n) is 24.9. The lowest BCUT2D eigenvalue weighted by Gasteiger charge is -2.43. The Kier molecular flexibility index (Phi) is 21.0. The van der Waals surface area contributed by atoms with Crippen molar-refractivity contribution in [2.24, 2.45) is 5.92 Å². The van der Waals surface area contributed by atoms with Crippen molar-refractivity contribution in [1.29, 1.82) is 0 Å². The highest BCUT2D eigenvalue weighted by Crippen LogP contribution is 2.26. The quantitative estimate of drug-likeness (QED) is 0.0647. The third kappa shape index (κ3) is 15.6. The molecule has 23 nitrogen and oxygen atoms in total. The van der Waals surface area contributed by atoms with Gasteiger partial charge >= 0.3 is 5.97 Å². The van der Waals surface area contributed by atoms with E-state index >= 15 is 4.79 Å². The number of carbonyl (C=O) groups is 9. The van der Waals surface area contributed by atoms with Gasteiger partial charge in [0, 0.05) is 19.9 Å². The van der Waals surface area contributed by atoms with E-state index in [0.29, 0.717) is 16.7 Å². The molecule has 0 radical (unpaired) electrons. The summed E-state index contributed by atoms with van der Waals surface area (Å²) in [4.78, 5) is 130. The minimum absolute atomic E-state index is 0.0412. The molecule has 76 heavy (non-hydrogen) atoms. The number of esters is 1. The fourth-order valence-corrected chi connectivity index (χ4v) is 8.62. The average molecular weight is 1060 g/mol. The smallest absolute Gasteiger partial charge is 0.329 e. The van der Waals surface area contributed by atoms with Gasteiger partial charge in [-0.15, -0.1) is 0 Å². The van der Waals surface area contributed by atoms with Gasteiger partial charge in [-0.25, -0.2) is 4.79 Å². The summed E-state index contributed by atoms with van der Waals surface area (Å²) in [6.07, 6.45) is -4.42. The number of nitrogens with one attached hydrogen (secondary N) is 6. The maximum atomic E-state index is 15.0. The maximum absolute atomic E-state index is 15.0. The number of amides is 8. The van der Waals surface area contributed by atoms with E-state index in [4.69, 9.17) is 4.74 Å². The predicted octanol–water partition coefficient (Wildman–Crippen LogP) is -0.929. The van der Waals surface area contributed by atoms with Crippen LogP contribution in [-0.4, -0.2) is 163 Å². The molecule has 2 bridgehead atoms. The Labute approximate surface area is 439 Å². The number of aromatic hydroxyl groups is 2. The van der Waals surface area contributed by atoms with E-state index in [-0.39, 0.29) is 50.0 Å². The minimum atomic E-state index is -1.87. The Morgan fingerprint density at radius 2 is 1.36 bits per heavy atom. The molecule has 23 heteroatoms. The molecule has 2 fully saturated rings. The highest BCUT2D eigenvalue weighted by Gasteiger charge is 2.45. The van der Waals surface area contributed by atoms with E-state index in [1.165, 1.54) is 70.3 Å². The fourth-order valence-electron chi connectivity index (χ4n) is 8.62. The van der Waals surface area contributed by atoms with Crippen LogP contribution in [0.3, 0.4) is 0 Å². The van der Waals surface area contributed by atoms with Crippen LogP contribution in [0.15, 0.2) is 90.6 Å². The average Bonchev–Trinajstić information content (AvgIpc) is 3.39. The number of hydrogen-bond acceptors (Lipinski definition) is 15. The van der Waals surface area contributed by atoms with Gasteiger partial charge in [-0.05, 0) is 93.3 Å². The number of fused-ring (bicyclic) bond motifs is 2. The Morgan fingerprint density at radius 3 is 1.95 bits per heavy atom. The van der Waals surface area contributed by atoms with Crippen LogP contribution in [0.1, 0.15) is 70.6 Å². The molecule has 3 aromatic carbocycles. The predicted molar refractivity (Wildman–Crippen MR) is 272 cm³/mol. The normalized spacial score (nSPS) is 23.9. The van der Waals surface area contributed by atoms with Crippen molar-refractivity contribution in [3.8, 4) is 11.5 Å². The number of ether oxygens (including phenoxy) is 1. The highest BCUT2D eigenvalue weighted by atomic mass is 16.5. The first-order chi connectivity index (χ1) is 36.0. The zero-order chi connectivity index (χ0) is 56.0. The number of piperidine rings is 1. The number of hydrogen-bond donors (Lipinski definition) is 11. The van der Waals surface area contributed by atoms with Gasteiger partial charge in [0.2, 0.25) is 29.5 Å². The second-order valence-electron chi connectivity index (χ2n) is 19.1. The molecule has 3 aromatic rings. The summed E-state index contributed by atoms with van der Waals surface area (Å²) in [5.41, 5.74) is 1.24. The van der Waals surface area contributed by atoms with Crippen molar-refractivity contribution in [1.82, 2.24) is 41.7 Å². The van der Waals surface area contributed by atoms with Gasteiger partial charge in [-0.3, -0.25) is 38.4 Å². The number of aryl methyl sites for hydroxylation is 1. The van der Waals surface area contributed by atoms with Crippen LogP contribution in [0.4, 0.5) is 0 Å². The van der Waals surface area contributed by atoms with Crippen molar-refractivity contribution in [3.05, 3.63) is 107 Å². The molecule has 11 N–H and O–H groups in total. The van der Waals surface area contributed by atoms with Crippen LogP contribution in [-0.2, 0) is 67.2 Å². The summed E-state index contributed by atoms with van der Waals surface area (Å²) in [6.45, 7) is 6.12. The molecule has 1 unspecified atom stereocenters. The number of phenolic OH excluding ortho intramolecular Hbond substituents is 2. The highest BCUT2D eigenvalue weighted by molar-refractivity contribution is 6.03. The first kappa shape index (κ1) is 59.0. The summed E-state index contributed by atoms with van der Waals surface area (Å²) in [7, 11) is 1.33. The largest absolute Gasteiger partial charge is 0.508 e. The molecule has 2 aliphatic rings. The number of nitrogens with zero attached hydrogens (tertiary/aromatic N) is 2. The maximum Gasteiger partial charge on any atom is 0.329 e. The third-order valence-electron chi connectivity index (χ3n) is 13.1. The molecule has 8 amide bonds. The number of aliphatic hydroxyl groups is 3. The fraction of sp³-hybridized carbons (Fsp3) is 0.453. The van der Waals surface area contributed by atoms with Gasteiger partial charge in [0.1, 0.15) is 71.8 Å². The Hall–Kier alpha value is -7.89. The van der Waals surface area contributed by atoms with Crippen molar-refractivity contribution in [3.63, 3.8) is 0 Å². The van der Waals surface area contributed by atoms with E-state index in [1.54, 1.807) is 56.3 Å². The number of cyclic esters (lactones) is 1. The first-order valence-corrected chi connectivity index (χ1v) is 24.9. The molecule has 5 rings (SSSR count). The van der Waals surface area contributed by atoms with E-state index < -0.39 is 132 Å². The minimum Gasteiger partial charge on any atom is -0.508 e. The number of phenols is 2.